The van der Waals surface area contributed by atoms with Crippen LogP contribution in [0.1, 0.15) is 89.4 Å². The third kappa shape index (κ3) is 3.79. The van der Waals surface area contributed by atoms with Crippen LogP contribution in [0.3, 0.4) is 0 Å². The van der Waals surface area contributed by atoms with Crippen LogP contribution in [0, 0.1) is 35.5 Å². The Morgan fingerprint density at radius 3 is 2.46 bits per heavy atom. The second-order valence-corrected chi connectivity index (χ2v) is 15.9. The molecule has 4 saturated heterocycles. The molecule has 9 nitrogen and oxygen atoms in total. The molecule has 4 aliphatic heterocycles. The zero-order chi connectivity index (χ0) is 32.4. The molecular weight excluding hydrogens is 588 g/mol. The van der Waals surface area contributed by atoms with E-state index >= 15 is 0 Å². The van der Waals surface area contributed by atoms with Gasteiger partial charge in [-0.05, 0) is 61.1 Å². The van der Waals surface area contributed by atoms with E-state index in [0.29, 0.717) is 18.4 Å². The van der Waals surface area contributed by atoms with Gasteiger partial charge in [0.1, 0.15) is 41.2 Å². The van der Waals surface area contributed by atoms with E-state index < -0.39 is 77.2 Å². The Kier molecular flexibility index (Phi) is 7.06. The minimum Gasteiger partial charge on any atom is -0.455 e. The van der Waals surface area contributed by atoms with Crippen molar-refractivity contribution in [1.29, 1.82) is 0 Å². The summed E-state index contributed by atoms with van der Waals surface area (Å²) in [5, 5.41) is 37.0. The molecule has 3 aliphatic carbocycles. The standard InChI is InChI=1S/C37H50O9/c1-20(2)33-18-22(4)37-26-29(33)44-35(45-33,46-37)17-13-8-6-7-10-14-21(3)25-23(5)28(42-31(39)24-15-11-9-12-16-24)36(41,27(25)37)32(40)34(19-38)30(26)43-34/h9,11-12,15-16,21-23,25-30,32,38,40-41H,1,6-8,10,13-14,17-19H2,2-5H3/t21?,22-,23?,25?,26?,27-,28?,29?,30+,32?,33-,34?,35?,36?,37-/m1/s1. The number of carbonyl (C=O) groups is 1. The van der Waals surface area contributed by atoms with Gasteiger partial charge in [-0.2, -0.15) is 0 Å². The highest BCUT2D eigenvalue weighted by molar-refractivity contribution is 5.89. The van der Waals surface area contributed by atoms with Gasteiger partial charge in [-0.3, -0.25) is 0 Å². The smallest absolute Gasteiger partial charge is 0.338 e. The quantitative estimate of drug-likeness (QED) is 0.248. The number of ether oxygens (including phenoxy) is 5. The maximum atomic E-state index is 13.7. The van der Waals surface area contributed by atoms with Gasteiger partial charge >= 0.3 is 5.97 Å². The molecule has 46 heavy (non-hydrogen) atoms. The van der Waals surface area contributed by atoms with Gasteiger partial charge in [0, 0.05) is 18.3 Å². The first-order valence-electron chi connectivity index (χ1n) is 17.6. The minimum absolute atomic E-state index is 0.122. The normalized spacial score (nSPS) is 53.6. The average molecular weight is 639 g/mol. The number of benzene rings is 1. The summed E-state index contributed by atoms with van der Waals surface area (Å²) in [6.07, 6.45) is 3.37. The van der Waals surface area contributed by atoms with Crippen LogP contribution < -0.4 is 0 Å². The number of hydrogen-bond donors (Lipinski definition) is 3. The summed E-state index contributed by atoms with van der Waals surface area (Å²) in [5.41, 5.74) is -4.16. The summed E-state index contributed by atoms with van der Waals surface area (Å²) >= 11 is 0. The number of aliphatic hydroxyl groups is 3. The molecule has 0 aromatic heterocycles. The highest BCUT2D eigenvalue weighted by Crippen LogP contribution is 2.75. The first-order chi connectivity index (χ1) is 21.9. The van der Waals surface area contributed by atoms with Gasteiger partial charge in [0.05, 0.1) is 17.8 Å². The first kappa shape index (κ1) is 31.4. The Bertz CT molecular complexity index is 1400. The highest BCUT2D eigenvalue weighted by atomic mass is 16.9. The van der Waals surface area contributed by atoms with Crippen molar-refractivity contribution in [2.75, 3.05) is 6.61 Å². The first-order valence-corrected chi connectivity index (χ1v) is 17.6. The van der Waals surface area contributed by atoms with Gasteiger partial charge in [0.25, 0.3) is 5.97 Å². The van der Waals surface area contributed by atoms with Gasteiger partial charge in [-0.15, -0.1) is 0 Å². The summed E-state index contributed by atoms with van der Waals surface area (Å²) in [5.74, 6) is -3.61. The molecular formula is C37H50O9. The maximum Gasteiger partial charge on any atom is 0.338 e. The third-order valence-corrected chi connectivity index (χ3v) is 13.6. The minimum atomic E-state index is -2.00. The van der Waals surface area contributed by atoms with Crippen LogP contribution in [-0.4, -0.2) is 80.7 Å². The lowest BCUT2D eigenvalue weighted by Crippen LogP contribution is -2.73. The van der Waals surface area contributed by atoms with Crippen LogP contribution in [0.2, 0.25) is 0 Å². The van der Waals surface area contributed by atoms with Crippen LogP contribution >= 0.6 is 0 Å². The molecule has 15 atom stereocenters. The van der Waals surface area contributed by atoms with Crippen molar-refractivity contribution >= 4 is 5.97 Å². The number of fused-ring (bicyclic) bond motifs is 1. The molecule has 9 heteroatoms. The van der Waals surface area contributed by atoms with Crippen molar-refractivity contribution in [3.63, 3.8) is 0 Å². The molecule has 0 radical (unpaired) electrons. The van der Waals surface area contributed by atoms with Crippen LogP contribution in [0.15, 0.2) is 42.5 Å². The van der Waals surface area contributed by atoms with E-state index in [-0.39, 0.29) is 23.7 Å². The summed E-state index contributed by atoms with van der Waals surface area (Å²) < 4.78 is 34.2. The lowest BCUT2D eigenvalue weighted by molar-refractivity contribution is -0.437. The Morgan fingerprint density at radius 1 is 1.02 bits per heavy atom. The molecule has 4 heterocycles. The molecule has 0 amide bonds. The topological polar surface area (TPSA) is 127 Å². The fourth-order valence-electron chi connectivity index (χ4n) is 11.6. The number of esters is 1. The second-order valence-electron chi connectivity index (χ2n) is 15.9. The fraction of sp³-hybridized carbons (Fsp3) is 0.757. The second kappa shape index (κ2) is 10.3. The van der Waals surface area contributed by atoms with Crippen LogP contribution in [0.25, 0.3) is 0 Å². The van der Waals surface area contributed by atoms with Crippen molar-refractivity contribution in [2.24, 2.45) is 35.5 Å². The van der Waals surface area contributed by atoms with E-state index in [0.717, 1.165) is 44.1 Å². The van der Waals surface area contributed by atoms with E-state index in [2.05, 4.69) is 20.4 Å². The summed E-state index contributed by atoms with van der Waals surface area (Å²) in [7, 11) is 0. The molecule has 252 valence electrons. The van der Waals surface area contributed by atoms with Crippen LogP contribution in [-0.2, 0) is 23.7 Å². The SMILES string of the molecule is C=C(C)[C@]12C[C@@H](C)[C@@]34OC5(CCCCCCCC(C)C6C(C)C(OC(=O)c7ccccc7)C(O)(C(O)C7(CO)O[C@H]7C3C1O5)[C@@H]64)O2. The molecule has 3 N–H and O–H groups in total. The van der Waals surface area contributed by atoms with Gasteiger partial charge in [0.2, 0.25) is 0 Å². The van der Waals surface area contributed by atoms with Crippen molar-refractivity contribution in [2.45, 2.75) is 132 Å². The number of aliphatic hydroxyl groups excluding tert-OH is 2. The zero-order valence-electron chi connectivity index (χ0n) is 27.5. The zero-order valence-corrected chi connectivity index (χ0v) is 27.5. The maximum absolute atomic E-state index is 13.7. The average Bonchev–Trinajstić information content (AvgIpc) is 3.67. The number of hydrogen-bond acceptors (Lipinski definition) is 9. The lowest BCUT2D eigenvalue weighted by Gasteiger charge is -2.61. The van der Waals surface area contributed by atoms with Gasteiger partial charge in [0.15, 0.2) is 0 Å². The Balaban J connectivity index is 1.36. The molecule has 3 saturated carbocycles. The van der Waals surface area contributed by atoms with Crippen molar-refractivity contribution in [3.8, 4) is 0 Å². The number of epoxide rings is 1. The summed E-state index contributed by atoms with van der Waals surface area (Å²) in [4.78, 5) is 13.7. The molecule has 10 unspecified atom stereocenters. The molecule has 1 aromatic carbocycles. The largest absolute Gasteiger partial charge is 0.455 e. The fourth-order valence-corrected chi connectivity index (χ4v) is 11.6. The van der Waals surface area contributed by atoms with Crippen LogP contribution in [0.4, 0.5) is 0 Å². The van der Waals surface area contributed by atoms with E-state index in [4.69, 9.17) is 23.7 Å². The van der Waals surface area contributed by atoms with Gasteiger partial charge in [-0.1, -0.05) is 77.7 Å². The third-order valence-electron chi connectivity index (χ3n) is 13.6. The van der Waals surface area contributed by atoms with Crippen LogP contribution in [0.5, 0.6) is 0 Å². The number of carbonyl (C=O) groups excluding carboxylic acids is 1. The van der Waals surface area contributed by atoms with E-state index in [1.807, 2.05) is 19.9 Å². The summed E-state index contributed by atoms with van der Waals surface area (Å²) in [6.45, 7) is 12.3. The lowest BCUT2D eigenvalue weighted by atomic mass is 9.52. The predicted molar refractivity (Wildman–Crippen MR) is 166 cm³/mol. The molecule has 3 bridgehead atoms. The van der Waals surface area contributed by atoms with Crippen molar-refractivity contribution in [1.82, 2.24) is 0 Å². The van der Waals surface area contributed by atoms with Gasteiger partial charge < -0.3 is 39.0 Å². The molecule has 8 rings (SSSR count). The monoisotopic (exact) mass is 638 g/mol. The van der Waals surface area contributed by atoms with E-state index in [1.165, 1.54) is 0 Å². The molecule has 7 fully saturated rings. The van der Waals surface area contributed by atoms with Crippen molar-refractivity contribution in [3.05, 3.63) is 48.0 Å². The Morgan fingerprint density at radius 2 is 1.74 bits per heavy atom. The molecule has 7 aliphatic rings. The molecule has 2 spiro atoms. The van der Waals surface area contributed by atoms with E-state index in [9.17, 15) is 20.1 Å². The Hall–Kier alpha value is -1.85. The number of rotatable bonds is 4. The van der Waals surface area contributed by atoms with Gasteiger partial charge in [-0.25, -0.2) is 4.79 Å². The Labute approximate surface area is 271 Å². The van der Waals surface area contributed by atoms with Crippen molar-refractivity contribution < 1.29 is 43.8 Å². The molecule has 1 aromatic rings. The predicted octanol–water partition coefficient (Wildman–Crippen LogP) is 4.52. The highest BCUT2D eigenvalue weighted by Gasteiger charge is 2.90. The summed E-state index contributed by atoms with van der Waals surface area (Å²) in [6, 6.07) is 8.76. The van der Waals surface area contributed by atoms with E-state index in [1.54, 1.807) is 24.3 Å².